The molecule has 0 spiro atoms. The van der Waals surface area contributed by atoms with Crippen molar-refractivity contribution in [2.75, 3.05) is 13.1 Å². The van der Waals surface area contributed by atoms with Gasteiger partial charge in [-0.05, 0) is 29.9 Å². The Morgan fingerprint density at radius 2 is 2.24 bits per heavy atom. The van der Waals surface area contributed by atoms with Crippen LogP contribution in [0.4, 0.5) is 0 Å². The first-order valence-corrected chi connectivity index (χ1v) is 6.36. The van der Waals surface area contributed by atoms with Crippen LogP contribution in [0.25, 0.3) is 0 Å². The highest BCUT2D eigenvalue weighted by atomic mass is 16.4. The van der Waals surface area contributed by atoms with E-state index in [9.17, 15) is 0 Å². The van der Waals surface area contributed by atoms with Crippen molar-refractivity contribution >= 4 is 12.6 Å². The Balaban J connectivity index is 1.97. The summed E-state index contributed by atoms with van der Waals surface area (Å²) in [7, 11) is -1.36. The van der Waals surface area contributed by atoms with Crippen LogP contribution < -0.4 is 5.46 Å². The molecule has 4 heteroatoms. The summed E-state index contributed by atoms with van der Waals surface area (Å²) in [4.78, 5) is 2.44. The average Bonchev–Trinajstić information content (AvgIpc) is 2.77. The Labute approximate surface area is 103 Å². The number of nitrogens with zero attached hydrogens (tertiary/aromatic N) is 1. The van der Waals surface area contributed by atoms with Gasteiger partial charge < -0.3 is 10.0 Å². The smallest absolute Gasteiger partial charge is 0.423 e. The maximum absolute atomic E-state index is 9.13. The highest BCUT2D eigenvalue weighted by Gasteiger charge is 2.21. The van der Waals surface area contributed by atoms with Crippen LogP contribution in [0.2, 0.25) is 0 Å². The lowest BCUT2D eigenvalue weighted by molar-refractivity contribution is 0.315. The van der Waals surface area contributed by atoms with Gasteiger partial charge in [0.15, 0.2) is 0 Å². The molecule has 1 atom stereocenters. The van der Waals surface area contributed by atoms with Crippen LogP contribution >= 0.6 is 0 Å². The van der Waals surface area contributed by atoms with E-state index in [1.165, 1.54) is 19.4 Å². The minimum absolute atomic E-state index is 0.578. The van der Waals surface area contributed by atoms with Crippen molar-refractivity contribution in [3.05, 3.63) is 29.8 Å². The van der Waals surface area contributed by atoms with Crippen LogP contribution in [-0.4, -0.2) is 35.2 Å². The molecule has 1 aromatic rings. The van der Waals surface area contributed by atoms with Gasteiger partial charge in [-0.15, -0.1) is 0 Å². The predicted molar refractivity (Wildman–Crippen MR) is 69.9 cm³/mol. The second-order valence-corrected chi connectivity index (χ2v) is 4.92. The Hall–Kier alpha value is -0.835. The summed E-state index contributed by atoms with van der Waals surface area (Å²) in [6, 6.07) is 7.56. The van der Waals surface area contributed by atoms with Crippen LogP contribution in [0.15, 0.2) is 24.3 Å². The molecule has 0 amide bonds. The lowest BCUT2D eigenvalue weighted by Crippen LogP contribution is -2.30. The SMILES string of the molecule is CCC1CCN(Cc2cccc(B(O)O)c2)C1. The summed E-state index contributed by atoms with van der Waals surface area (Å²) in [5, 5.41) is 18.3. The van der Waals surface area contributed by atoms with E-state index in [1.807, 2.05) is 18.2 Å². The Morgan fingerprint density at radius 1 is 1.41 bits per heavy atom. The number of rotatable bonds is 4. The second-order valence-electron chi connectivity index (χ2n) is 4.92. The molecule has 0 aliphatic carbocycles. The number of hydrogen-bond donors (Lipinski definition) is 2. The quantitative estimate of drug-likeness (QED) is 0.748. The van der Waals surface area contributed by atoms with Gasteiger partial charge >= 0.3 is 7.12 Å². The Kier molecular flexibility index (Phi) is 4.21. The molecular weight excluding hydrogens is 213 g/mol. The van der Waals surface area contributed by atoms with Crippen molar-refractivity contribution in [1.82, 2.24) is 4.90 Å². The van der Waals surface area contributed by atoms with E-state index in [0.717, 1.165) is 24.6 Å². The summed E-state index contributed by atoms with van der Waals surface area (Å²) < 4.78 is 0. The first-order valence-electron chi connectivity index (χ1n) is 6.36. The Bertz CT molecular complexity index is 370. The minimum atomic E-state index is -1.36. The van der Waals surface area contributed by atoms with Gasteiger partial charge in [-0.2, -0.15) is 0 Å². The molecule has 1 fully saturated rings. The van der Waals surface area contributed by atoms with Gasteiger partial charge in [-0.25, -0.2) is 0 Å². The van der Waals surface area contributed by atoms with Crippen LogP contribution in [0, 0.1) is 5.92 Å². The van der Waals surface area contributed by atoms with Crippen molar-refractivity contribution in [2.24, 2.45) is 5.92 Å². The van der Waals surface area contributed by atoms with Crippen LogP contribution in [0.5, 0.6) is 0 Å². The summed E-state index contributed by atoms with van der Waals surface area (Å²) in [6.07, 6.45) is 2.55. The molecule has 1 saturated heterocycles. The summed E-state index contributed by atoms with van der Waals surface area (Å²) >= 11 is 0. The van der Waals surface area contributed by atoms with E-state index in [4.69, 9.17) is 10.0 Å². The van der Waals surface area contributed by atoms with Crippen molar-refractivity contribution in [1.29, 1.82) is 0 Å². The van der Waals surface area contributed by atoms with Gasteiger partial charge in [0.2, 0.25) is 0 Å². The highest BCUT2D eigenvalue weighted by Crippen LogP contribution is 2.20. The third-order valence-electron chi connectivity index (χ3n) is 3.60. The fourth-order valence-electron chi connectivity index (χ4n) is 2.50. The van der Waals surface area contributed by atoms with E-state index in [-0.39, 0.29) is 0 Å². The molecule has 0 radical (unpaired) electrons. The van der Waals surface area contributed by atoms with E-state index in [2.05, 4.69) is 11.8 Å². The maximum atomic E-state index is 9.13. The summed E-state index contributed by atoms with van der Waals surface area (Å²) in [6.45, 7) is 5.49. The van der Waals surface area contributed by atoms with Gasteiger partial charge in [0.1, 0.15) is 0 Å². The van der Waals surface area contributed by atoms with E-state index < -0.39 is 7.12 Å². The fourth-order valence-corrected chi connectivity index (χ4v) is 2.50. The largest absolute Gasteiger partial charge is 0.488 e. The molecule has 1 aliphatic rings. The lowest BCUT2D eigenvalue weighted by atomic mass is 9.79. The molecule has 0 bridgehead atoms. The van der Waals surface area contributed by atoms with Crippen molar-refractivity contribution < 1.29 is 10.0 Å². The zero-order chi connectivity index (χ0) is 12.3. The lowest BCUT2D eigenvalue weighted by Gasteiger charge is -2.16. The van der Waals surface area contributed by atoms with Gasteiger partial charge in [-0.1, -0.05) is 37.6 Å². The number of likely N-dealkylation sites (tertiary alicyclic amines) is 1. The molecule has 1 heterocycles. The maximum Gasteiger partial charge on any atom is 0.488 e. The molecular formula is C13H20BNO2. The monoisotopic (exact) mass is 233 g/mol. The number of hydrogen-bond acceptors (Lipinski definition) is 3. The van der Waals surface area contributed by atoms with Gasteiger partial charge in [0.05, 0.1) is 0 Å². The molecule has 0 saturated carbocycles. The van der Waals surface area contributed by atoms with Crippen molar-refractivity contribution in [2.45, 2.75) is 26.3 Å². The first-order chi connectivity index (χ1) is 8.19. The van der Waals surface area contributed by atoms with Crippen LogP contribution in [0.1, 0.15) is 25.3 Å². The van der Waals surface area contributed by atoms with Gasteiger partial charge in [0, 0.05) is 13.1 Å². The third kappa shape index (κ3) is 3.31. The summed E-state index contributed by atoms with van der Waals surface area (Å²) in [5.74, 6) is 0.835. The molecule has 2 rings (SSSR count). The molecule has 1 unspecified atom stereocenters. The average molecular weight is 233 g/mol. The molecule has 17 heavy (non-hydrogen) atoms. The normalized spacial score (nSPS) is 20.8. The van der Waals surface area contributed by atoms with Crippen LogP contribution in [0.3, 0.4) is 0 Å². The van der Waals surface area contributed by atoms with E-state index in [0.29, 0.717) is 5.46 Å². The molecule has 1 aromatic carbocycles. The second kappa shape index (κ2) is 5.67. The summed E-state index contributed by atoms with van der Waals surface area (Å²) in [5.41, 5.74) is 1.74. The number of benzene rings is 1. The van der Waals surface area contributed by atoms with E-state index in [1.54, 1.807) is 6.07 Å². The molecule has 0 aromatic heterocycles. The zero-order valence-electron chi connectivity index (χ0n) is 10.3. The topological polar surface area (TPSA) is 43.7 Å². The Morgan fingerprint density at radius 3 is 2.88 bits per heavy atom. The van der Waals surface area contributed by atoms with Crippen molar-refractivity contribution in [3.8, 4) is 0 Å². The minimum Gasteiger partial charge on any atom is -0.423 e. The first kappa shape index (κ1) is 12.6. The molecule has 92 valence electrons. The highest BCUT2D eigenvalue weighted by molar-refractivity contribution is 6.58. The van der Waals surface area contributed by atoms with Crippen LogP contribution in [-0.2, 0) is 6.54 Å². The molecule has 2 N–H and O–H groups in total. The molecule has 3 nitrogen and oxygen atoms in total. The fraction of sp³-hybridized carbons (Fsp3) is 0.538. The third-order valence-corrected chi connectivity index (χ3v) is 3.60. The van der Waals surface area contributed by atoms with Crippen molar-refractivity contribution in [3.63, 3.8) is 0 Å². The molecule has 1 aliphatic heterocycles. The van der Waals surface area contributed by atoms with Gasteiger partial charge in [-0.3, -0.25) is 4.90 Å². The standard InChI is InChI=1S/C13H20BNO2/c1-2-11-6-7-15(9-11)10-12-4-3-5-13(8-12)14(16)17/h3-5,8,11,16-17H,2,6-7,9-10H2,1H3. The zero-order valence-corrected chi connectivity index (χ0v) is 10.3. The predicted octanol–water partition coefficient (Wildman–Crippen LogP) is 0.598. The van der Waals surface area contributed by atoms with E-state index >= 15 is 0 Å². The van der Waals surface area contributed by atoms with Gasteiger partial charge in [0.25, 0.3) is 0 Å².